The van der Waals surface area contributed by atoms with Crippen LogP contribution in [0.15, 0.2) is 71.6 Å². The van der Waals surface area contributed by atoms with Crippen LogP contribution in [0, 0.1) is 0 Å². The van der Waals surface area contributed by atoms with Gasteiger partial charge < -0.3 is 10.2 Å². The Bertz CT molecular complexity index is 1450. The second-order valence-corrected chi connectivity index (χ2v) is 12.8. The van der Waals surface area contributed by atoms with E-state index in [1.54, 1.807) is 37.3 Å². The molecule has 0 aliphatic carbocycles. The topological polar surface area (TPSA) is 86.8 Å². The summed E-state index contributed by atoms with van der Waals surface area (Å²) in [4.78, 5) is 28.3. The molecule has 40 heavy (non-hydrogen) atoms. The molecule has 0 aromatic heterocycles. The highest BCUT2D eigenvalue weighted by atomic mass is 35.5. The van der Waals surface area contributed by atoms with E-state index >= 15 is 0 Å². The van der Waals surface area contributed by atoms with Gasteiger partial charge >= 0.3 is 0 Å². The zero-order chi connectivity index (χ0) is 29.6. The molecule has 0 aliphatic rings. The Morgan fingerprint density at radius 2 is 1.50 bits per heavy atom. The van der Waals surface area contributed by atoms with Crippen LogP contribution in [0.2, 0.25) is 20.1 Å². The summed E-state index contributed by atoms with van der Waals surface area (Å²) in [5.74, 6) is -1.04. The molecule has 0 aliphatic heterocycles. The van der Waals surface area contributed by atoms with Crippen molar-refractivity contribution in [2.75, 3.05) is 10.8 Å². The van der Waals surface area contributed by atoms with E-state index in [2.05, 4.69) is 5.32 Å². The highest BCUT2D eigenvalue weighted by Crippen LogP contribution is 2.30. The third kappa shape index (κ3) is 8.04. The van der Waals surface area contributed by atoms with Crippen molar-refractivity contribution in [3.63, 3.8) is 0 Å². The van der Waals surface area contributed by atoms with Gasteiger partial charge in [-0.1, -0.05) is 77.6 Å². The molecule has 0 saturated heterocycles. The number of hydrogen-bond acceptors (Lipinski definition) is 4. The van der Waals surface area contributed by atoms with Gasteiger partial charge in [0.25, 0.3) is 10.0 Å². The van der Waals surface area contributed by atoms with Crippen LogP contribution in [-0.4, -0.2) is 43.8 Å². The van der Waals surface area contributed by atoms with Crippen LogP contribution in [0.25, 0.3) is 0 Å². The molecule has 0 saturated carbocycles. The lowest BCUT2D eigenvalue weighted by Gasteiger charge is -2.32. The standard InChI is InChI=1S/C28H29Cl4N3O4S/c1-4-18(2)33-28(37)19(3)34(16-20-10-11-21(29)15-26(20)32)27(36)17-35(24-13-22(30)12-23(31)14-24)40(38,39)25-8-6-5-7-9-25/h5-15,18-19H,4,16-17H2,1-3H3,(H,33,37)/t18-,19-/m1/s1. The van der Waals surface area contributed by atoms with Crippen molar-refractivity contribution in [3.05, 3.63) is 92.4 Å². The number of hydrogen-bond donors (Lipinski definition) is 1. The maximum Gasteiger partial charge on any atom is 0.264 e. The minimum Gasteiger partial charge on any atom is -0.352 e. The quantitative estimate of drug-likeness (QED) is 0.248. The van der Waals surface area contributed by atoms with Gasteiger partial charge in [0, 0.05) is 32.7 Å². The Morgan fingerprint density at radius 1 is 0.875 bits per heavy atom. The van der Waals surface area contributed by atoms with Gasteiger partial charge in [-0.2, -0.15) is 0 Å². The largest absolute Gasteiger partial charge is 0.352 e. The van der Waals surface area contributed by atoms with Crippen LogP contribution in [0.4, 0.5) is 5.69 Å². The molecule has 0 heterocycles. The predicted molar refractivity (Wildman–Crippen MR) is 162 cm³/mol. The van der Waals surface area contributed by atoms with Gasteiger partial charge in [0.15, 0.2) is 0 Å². The smallest absolute Gasteiger partial charge is 0.264 e. The number of halogens is 4. The van der Waals surface area contributed by atoms with Crippen LogP contribution in [0.5, 0.6) is 0 Å². The van der Waals surface area contributed by atoms with Crippen LogP contribution in [0.3, 0.4) is 0 Å². The number of carbonyl (C=O) groups excluding carboxylic acids is 2. The number of amides is 2. The molecule has 7 nitrogen and oxygen atoms in total. The normalized spacial score (nSPS) is 12.9. The van der Waals surface area contributed by atoms with Crippen molar-refractivity contribution in [2.45, 2.75) is 50.7 Å². The lowest BCUT2D eigenvalue weighted by Crippen LogP contribution is -2.52. The molecule has 0 bridgehead atoms. The summed E-state index contributed by atoms with van der Waals surface area (Å²) >= 11 is 24.9. The first-order chi connectivity index (χ1) is 18.8. The number of nitrogens with one attached hydrogen (secondary N) is 1. The molecule has 0 unspecified atom stereocenters. The Kier molecular flexibility index (Phi) is 11.1. The van der Waals surface area contributed by atoms with Crippen molar-refractivity contribution in [1.29, 1.82) is 0 Å². The minimum absolute atomic E-state index is 0.0336. The average molecular weight is 645 g/mol. The minimum atomic E-state index is -4.25. The third-order valence-corrected chi connectivity index (χ3v) is 9.08. The summed E-state index contributed by atoms with van der Waals surface area (Å²) in [5.41, 5.74) is 0.627. The van der Waals surface area contributed by atoms with E-state index in [-0.39, 0.29) is 33.2 Å². The predicted octanol–water partition coefficient (Wildman–Crippen LogP) is 6.83. The number of benzene rings is 3. The van der Waals surface area contributed by atoms with Gasteiger partial charge in [0.2, 0.25) is 11.8 Å². The number of nitrogens with zero attached hydrogens (tertiary/aromatic N) is 2. The average Bonchev–Trinajstić information content (AvgIpc) is 2.90. The lowest BCUT2D eigenvalue weighted by molar-refractivity contribution is -0.139. The van der Waals surface area contributed by atoms with E-state index in [0.29, 0.717) is 22.0 Å². The first-order valence-corrected chi connectivity index (χ1v) is 15.4. The zero-order valence-corrected chi connectivity index (χ0v) is 25.9. The van der Waals surface area contributed by atoms with E-state index in [0.717, 1.165) is 4.31 Å². The molecule has 0 radical (unpaired) electrons. The first-order valence-electron chi connectivity index (χ1n) is 12.4. The fourth-order valence-corrected chi connectivity index (χ4v) is 6.21. The van der Waals surface area contributed by atoms with Crippen molar-refractivity contribution >= 4 is 73.9 Å². The van der Waals surface area contributed by atoms with Gasteiger partial charge in [0.1, 0.15) is 12.6 Å². The van der Waals surface area contributed by atoms with Crippen LogP contribution in [-0.2, 0) is 26.2 Å². The monoisotopic (exact) mass is 643 g/mol. The molecule has 1 N–H and O–H groups in total. The molecular weight excluding hydrogens is 616 g/mol. The van der Waals surface area contributed by atoms with Gasteiger partial charge in [-0.05, 0) is 68.3 Å². The zero-order valence-electron chi connectivity index (χ0n) is 22.1. The fourth-order valence-electron chi connectivity index (χ4n) is 3.81. The molecule has 3 aromatic rings. The summed E-state index contributed by atoms with van der Waals surface area (Å²) in [6.45, 7) is 4.64. The van der Waals surface area contributed by atoms with Crippen molar-refractivity contribution in [1.82, 2.24) is 10.2 Å². The third-order valence-electron chi connectivity index (χ3n) is 6.27. The highest BCUT2D eigenvalue weighted by molar-refractivity contribution is 7.92. The Hall–Kier alpha value is -2.49. The maximum atomic E-state index is 14.0. The van der Waals surface area contributed by atoms with Gasteiger partial charge in [-0.25, -0.2) is 8.42 Å². The summed E-state index contributed by atoms with van der Waals surface area (Å²) < 4.78 is 28.5. The maximum absolute atomic E-state index is 14.0. The molecule has 3 aromatic carbocycles. The molecule has 0 fully saturated rings. The first kappa shape index (κ1) is 32.0. The van der Waals surface area contributed by atoms with E-state index in [1.165, 1.54) is 41.3 Å². The van der Waals surface area contributed by atoms with E-state index in [4.69, 9.17) is 46.4 Å². The molecular formula is C28H29Cl4N3O4S. The van der Waals surface area contributed by atoms with Gasteiger partial charge in [0.05, 0.1) is 10.6 Å². The van der Waals surface area contributed by atoms with E-state index in [9.17, 15) is 18.0 Å². The summed E-state index contributed by atoms with van der Waals surface area (Å²) in [5, 5.41) is 3.97. The van der Waals surface area contributed by atoms with Gasteiger partial charge in [-0.3, -0.25) is 13.9 Å². The molecule has 2 atom stereocenters. The second-order valence-electron chi connectivity index (χ2n) is 9.20. The molecule has 214 valence electrons. The van der Waals surface area contributed by atoms with E-state index < -0.39 is 34.4 Å². The number of anilines is 1. The van der Waals surface area contributed by atoms with Crippen molar-refractivity contribution < 1.29 is 18.0 Å². The molecule has 3 rings (SSSR count). The fraction of sp³-hybridized carbons (Fsp3) is 0.286. The molecule has 2 amide bonds. The number of sulfonamides is 1. The molecule has 12 heteroatoms. The Labute approximate surface area is 255 Å². The van der Waals surface area contributed by atoms with Crippen LogP contribution in [0.1, 0.15) is 32.8 Å². The van der Waals surface area contributed by atoms with Crippen LogP contribution < -0.4 is 9.62 Å². The Morgan fingerprint density at radius 3 is 2.08 bits per heavy atom. The number of rotatable bonds is 11. The molecule has 0 spiro atoms. The van der Waals surface area contributed by atoms with Crippen molar-refractivity contribution in [2.24, 2.45) is 0 Å². The van der Waals surface area contributed by atoms with E-state index in [1.807, 2.05) is 13.8 Å². The SMILES string of the molecule is CC[C@@H](C)NC(=O)[C@@H](C)N(Cc1ccc(Cl)cc1Cl)C(=O)CN(c1cc(Cl)cc(Cl)c1)S(=O)(=O)c1ccccc1. The second kappa shape index (κ2) is 13.9. The highest BCUT2D eigenvalue weighted by Gasteiger charge is 2.33. The van der Waals surface area contributed by atoms with Crippen molar-refractivity contribution in [3.8, 4) is 0 Å². The number of carbonyl (C=O) groups is 2. The summed E-state index contributed by atoms with van der Waals surface area (Å²) in [6.07, 6.45) is 0.689. The lowest BCUT2D eigenvalue weighted by atomic mass is 10.1. The van der Waals surface area contributed by atoms with Gasteiger partial charge in [-0.15, -0.1) is 0 Å². The summed E-state index contributed by atoms with van der Waals surface area (Å²) in [6, 6.07) is 15.7. The van der Waals surface area contributed by atoms with Crippen LogP contribution >= 0.6 is 46.4 Å². The summed E-state index contributed by atoms with van der Waals surface area (Å²) in [7, 11) is -4.25. The Balaban J connectivity index is 2.07.